The standard InChI is InChI=1S/C16H24N4S2/c1-5-17-15(19-10-14-18-9-12(2)22-14)20-11-16(3,4)13-7-6-8-21-13/h6-9H,5,10-11H2,1-4H3,(H2,17,19,20). The van der Waals surface area contributed by atoms with Crippen LogP contribution in [0.3, 0.4) is 0 Å². The van der Waals surface area contributed by atoms with Crippen LogP contribution in [-0.4, -0.2) is 24.0 Å². The zero-order valence-corrected chi connectivity index (χ0v) is 15.3. The molecule has 0 saturated carbocycles. The van der Waals surface area contributed by atoms with Gasteiger partial charge in [0.05, 0.1) is 6.54 Å². The van der Waals surface area contributed by atoms with Crippen molar-refractivity contribution in [2.45, 2.75) is 39.7 Å². The number of aryl methyl sites for hydroxylation is 1. The summed E-state index contributed by atoms with van der Waals surface area (Å²) in [6.07, 6.45) is 1.90. The van der Waals surface area contributed by atoms with Crippen molar-refractivity contribution in [1.29, 1.82) is 0 Å². The summed E-state index contributed by atoms with van der Waals surface area (Å²) in [4.78, 5) is 11.6. The molecule has 0 aliphatic heterocycles. The lowest BCUT2D eigenvalue weighted by Gasteiger charge is -2.25. The van der Waals surface area contributed by atoms with Crippen molar-refractivity contribution in [1.82, 2.24) is 15.6 Å². The van der Waals surface area contributed by atoms with E-state index in [0.717, 1.165) is 24.1 Å². The number of aromatic nitrogens is 1. The largest absolute Gasteiger partial charge is 0.357 e. The van der Waals surface area contributed by atoms with Crippen LogP contribution < -0.4 is 10.6 Å². The van der Waals surface area contributed by atoms with Crippen LogP contribution in [0.2, 0.25) is 0 Å². The van der Waals surface area contributed by atoms with Crippen molar-refractivity contribution < 1.29 is 0 Å². The second kappa shape index (κ2) is 7.74. The molecule has 0 aromatic carbocycles. The maximum atomic E-state index is 4.63. The van der Waals surface area contributed by atoms with Crippen LogP contribution in [0.25, 0.3) is 0 Å². The summed E-state index contributed by atoms with van der Waals surface area (Å²) in [5.41, 5.74) is 0.0854. The minimum atomic E-state index is 0.0854. The average molecular weight is 337 g/mol. The maximum Gasteiger partial charge on any atom is 0.191 e. The Bertz CT molecular complexity index is 599. The normalized spacial score (nSPS) is 12.5. The van der Waals surface area contributed by atoms with Crippen molar-refractivity contribution in [3.05, 3.63) is 38.5 Å². The van der Waals surface area contributed by atoms with Gasteiger partial charge in [-0.05, 0) is 25.3 Å². The fourth-order valence-corrected chi connectivity index (χ4v) is 3.58. The fourth-order valence-electron chi connectivity index (χ4n) is 2.02. The second-order valence-electron chi connectivity index (χ2n) is 5.77. The highest BCUT2D eigenvalue weighted by Crippen LogP contribution is 2.26. The summed E-state index contributed by atoms with van der Waals surface area (Å²) in [5, 5.41) is 9.92. The lowest BCUT2D eigenvalue weighted by Crippen LogP contribution is -2.43. The molecule has 0 saturated heterocycles. The zero-order valence-electron chi connectivity index (χ0n) is 13.6. The first-order valence-corrected chi connectivity index (χ1v) is 9.18. The number of rotatable bonds is 6. The molecular formula is C16H24N4S2. The molecule has 0 bridgehead atoms. The summed E-state index contributed by atoms with van der Waals surface area (Å²) in [6.45, 7) is 11.0. The molecule has 2 rings (SSSR count). The van der Waals surface area contributed by atoms with Crippen LogP contribution in [0.1, 0.15) is 35.5 Å². The van der Waals surface area contributed by atoms with E-state index in [9.17, 15) is 0 Å². The van der Waals surface area contributed by atoms with E-state index < -0.39 is 0 Å². The van der Waals surface area contributed by atoms with Gasteiger partial charge in [-0.1, -0.05) is 19.9 Å². The lowest BCUT2D eigenvalue weighted by molar-refractivity contribution is 0.518. The van der Waals surface area contributed by atoms with Gasteiger partial charge in [-0.25, -0.2) is 9.98 Å². The predicted molar refractivity (Wildman–Crippen MR) is 97.0 cm³/mol. The third-order valence-corrected chi connectivity index (χ3v) is 5.41. The number of aliphatic imine (C=N–C) groups is 1. The van der Waals surface area contributed by atoms with Gasteiger partial charge in [0.25, 0.3) is 0 Å². The van der Waals surface area contributed by atoms with Gasteiger partial charge in [0.1, 0.15) is 5.01 Å². The maximum absolute atomic E-state index is 4.63. The molecule has 2 aromatic heterocycles. The summed E-state index contributed by atoms with van der Waals surface area (Å²) in [5.74, 6) is 0.847. The summed E-state index contributed by atoms with van der Waals surface area (Å²) in [7, 11) is 0. The van der Waals surface area contributed by atoms with Crippen molar-refractivity contribution in [2.75, 3.05) is 13.1 Å². The van der Waals surface area contributed by atoms with Crippen LogP contribution in [0, 0.1) is 6.92 Å². The van der Waals surface area contributed by atoms with Crippen molar-refractivity contribution in [2.24, 2.45) is 4.99 Å². The predicted octanol–water partition coefficient (Wildman–Crippen LogP) is 3.55. The molecule has 0 aliphatic rings. The number of nitrogens with one attached hydrogen (secondary N) is 2. The quantitative estimate of drug-likeness (QED) is 0.626. The number of hydrogen-bond acceptors (Lipinski definition) is 4. The Hall–Kier alpha value is -1.40. The Morgan fingerprint density at radius 2 is 2.18 bits per heavy atom. The highest BCUT2D eigenvalue weighted by Gasteiger charge is 2.21. The van der Waals surface area contributed by atoms with Gasteiger partial charge >= 0.3 is 0 Å². The minimum absolute atomic E-state index is 0.0854. The van der Waals surface area contributed by atoms with Gasteiger partial charge in [0, 0.05) is 34.5 Å². The number of nitrogens with zero attached hydrogens (tertiary/aromatic N) is 2. The number of thiophene rings is 1. The molecule has 0 fully saturated rings. The lowest BCUT2D eigenvalue weighted by atomic mass is 9.91. The molecule has 0 aliphatic carbocycles. The van der Waals surface area contributed by atoms with Crippen LogP contribution in [-0.2, 0) is 12.0 Å². The van der Waals surface area contributed by atoms with E-state index in [1.54, 1.807) is 22.7 Å². The molecule has 0 radical (unpaired) electrons. The Labute approximate surface area is 140 Å². The Balaban J connectivity index is 1.96. The van der Waals surface area contributed by atoms with Crippen LogP contribution in [0.4, 0.5) is 0 Å². The average Bonchev–Trinajstić information content (AvgIpc) is 3.13. The van der Waals surface area contributed by atoms with E-state index in [-0.39, 0.29) is 5.41 Å². The molecule has 0 unspecified atom stereocenters. The van der Waals surface area contributed by atoms with E-state index in [0.29, 0.717) is 6.54 Å². The molecule has 2 N–H and O–H groups in total. The third kappa shape index (κ3) is 4.81. The number of thiazole rings is 1. The van der Waals surface area contributed by atoms with E-state index >= 15 is 0 Å². The van der Waals surface area contributed by atoms with Crippen molar-refractivity contribution in [3.63, 3.8) is 0 Å². The van der Waals surface area contributed by atoms with Crippen molar-refractivity contribution >= 4 is 28.6 Å². The number of guanidine groups is 1. The van der Waals surface area contributed by atoms with Gasteiger partial charge in [-0.2, -0.15) is 0 Å². The molecule has 6 heteroatoms. The van der Waals surface area contributed by atoms with Crippen LogP contribution in [0.15, 0.2) is 28.7 Å². The van der Waals surface area contributed by atoms with Gasteiger partial charge in [0.15, 0.2) is 5.96 Å². The first-order valence-electron chi connectivity index (χ1n) is 7.49. The van der Waals surface area contributed by atoms with Crippen LogP contribution >= 0.6 is 22.7 Å². The Kier molecular flexibility index (Phi) is 5.97. The molecule has 2 heterocycles. The highest BCUT2D eigenvalue weighted by molar-refractivity contribution is 7.11. The SMILES string of the molecule is CCNC(=NCc1ncc(C)s1)NCC(C)(C)c1cccs1. The van der Waals surface area contributed by atoms with E-state index in [1.807, 2.05) is 6.20 Å². The summed E-state index contributed by atoms with van der Waals surface area (Å²) in [6, 6.07) is 4.29. The minimum Gasteiger partial charge on any atom is -0.357 e. The molecule has 4 nitrogen and oxygen atoms in total. The van der Waals surface area contributed by atoms with E-state index in [1.165, 1.54) is 9.75 Å². The van der Waals surface area contributed by atoms with Gasteiger partial charge in [-0.3, -0.25) is 0 Å². The second-order valence-corrected chi connectivity index (χ2v) is 8.04. The molecule has 0 atom stereocenters. The third-order valence-electron chi connectivity index (χ3n) is 3.27. The monoisotopic (exact) mass is 336 g/mol. The van der Waals surface area contributed by atoms with Gasteiger partial charge in [-0.15, -0.1) is 22.7 Å². The highest BCUT2D eigenvalue weighted by atomic mass is 32.1. The Morgan fingerprint density at radius 1 is 1.36 bits per heavy atom. The first kappa shape index (κ1) is 17.0. The molecule has 120 valence electrons. The van der Waals surface area contributed by atoms with E-state index in [4.69, 9.17) is 0 Å². The van der Waals surface area contributed by atoms with Crippen LogP contribution in [0.5, 0.6) is 0 Å². The Morgan fingerprint density at radius 3 is 2.77 bits per heavy atom. The van der Waals surface area contributed by atoms with Gasteiger partial charge in [0.2, 0.25) is 0 Å². The molecule has 22 heavy (non-hydrogen) atoms. The smallest absolute Gasteiger partial charge is 0.191 e. The van der Waals surface area contributed by atoms with E-state index in [2.05, 4.69) is 65.8 Å². The fraction of sp³-hybridized carbons (Fsp3) is 0.500. The summed E-state index contributed by atoms with van der Waals surface area (Å²) >= 11 is 3.50. The van der Waals surface area contributed by atoms with Crippen molar-refractivity contribution in [3.8, 4) is 0 Å². The molecule has 2 aromatic rings. The molecule has 0 spiro atoms. The zero-order chi connectivity index (χ0) is 16.0. The first-order chi connectivity index (χ1) is 10.5. The van der Waals surface area contributed by atoms with Gasteiger partial charge < -0.3 is 10.6 Å². The molecule has 0 amide bonds. The summed E-state index contributed by atoms with van der Waals surface area (Å²) < 4.78 is 0. The molecular weight excluding hydrogens is 312 g/mol. The number of hydrogen-bond donors (Lipinski definition) is 2. The topological polar surface area (TPSA) is 49.3 Å².